The van der Waals surface area contributed by atoms with Crippen LogP contribution in [0, 0.1) is 0 Å². The van der Waals surface area contributed by atoms with Crippen LogP contribution in [0.2, 0.25) is 0 Å². The number of rotatable bonds is 2. The number of carbonyl (C=O) groups is 1. The van der Waals surface area contributed by atoms with Crippen LogP contribution in [0.4, 0.5) is 5.69 Å². The second-order valence-corrected chi connectivity index (χ2v) is 6.21. The van der Waals surface area contributed by atoms with Crippen LogP contribution in [-0.4, -0.2) is 5.91 Å². The molecule has 0 saturated heterocycles. The van der Waals surface area contributed by atoms with Crippen LogP contribution in [0.5, 0.6) is 0 Å². The molecule has 0 bridgehead atoms. The Kier molecular flexibility index (Phi) is 3.97. The molecule has 21 heavy (non-hydrogen) atoms. The highest BCUT2D eigenvalue weighted by Crippen LogP contribution is 2.30. The first kappa shape index (κ1) is 14.1. The van der Waals surface area contributed by atoms with Crippen molar-refractivity contribution in [1.82, 2.24) is 5.32 Å². The molecule has 1 unspecified atom stereocenters. The molecule has 3 rings (SSSR count). The number of amides is 1. The third-order valence-electron chi connectivity index (χ3n) is 3.93. The van der Waals surface area contributed by atoms with E-state index in [1.807, 2.05) is 6.07 Å². The Morgan fingerprint density at radius 1 is 1.24 bits per heavy atom. The summed E-state index contributed by atoms with van der Waals surface area (Å²) in [6.07, 6.45) is 3.17. The molecule has 108 valence electrons. The van der Waals surface area contributed by atoms with E-state index in [1.54, 1.807) is 18.2 Å². The minimum atomic E-state index is -0.0732. The molecule has 1 aliphatic rings. The summed E-state index contributed by atoms with van der Waals surface area (Å²) in [4.78, 5) is 12.4. The molecular weight excluding hydrogens is 328 g/mol. The van der Waals surface area contributed by atoms with E-state index >= 15 is 0 Å². The molecule has 0 saturated carbocycles. The summed E-state index contributed by atoms with van der Waals surface area (Å²) in [5.41, 5.74) is 9.59. The predicted octanol–water partition coefficient (Wildman–Crippen LogP) is 3.84. The van der Waals surface area contributed by atoms with Gasteiger partial charge in [-0.2, -0.15) is 0 Å². The van der Waals surface area contributed by atoms with Gasteiger partial charge in [-0.25, -0.2) is 0 Å². The number of nitrogen functional groups attached to an aromatic ring is 1. The largest absolute Gasteiger partial charge is 0.398 e. The molecule has 4 heteroatoms. The maximum absolute atomic E-state index is 12.4. The molecule has 0 aromatic heterocycles. The zero-order valence-electron chi connectivity index (χ0n) is 11.6. The van der Waals surface area contributed by atoms with Crippen molar-refractivity contribution in [3.8, 4) is 0 Å². The first-order valence-electron chi connectivity index (χ1n) is 7.09. The number of anilines is 1. The zero-order chi connectivity index (χ0) is 14.8. The van der Waals surface area contributed by atoms with Crippen molar-refractivity contribution < 1.29 is 4.79 Å². The smallest absolute Gasteiger partial charge is 0.251 e. The van der Waals surface area contributed by atoms with Gasteiger partial charge in [0.05, 0.1) is 6.04 Å². The predicted molar refractivity (Wildman–Crippen MR) is 88.1 cm³/mol. The number of aryl methyl sites for hydroxylation is 1. The van der Waals surface area contributed by atoms with Gasteiger partial charge in [-0.15, -0.1) is 0 Å². The van der Waals surface area contributed by atoms with Crippen molar-refractivity contribution in [1.29, 1.82) is 0 Å². The molecule has 1 aliphatic carbocycles. The summed E-state index contributed by atoms with van der Waals surface area (Å²) in [7, 11) is 0. The number of nitrogens with one attached hydrogen (secondary N) is 1. The Labute approximate surface area is 132 Å². The Bertz CT molecular complexity index is 684. The number of nitrogens with two attached hydrogens (primary N) is 1. The minimum Gasteiger partial charge on any atom is -0.398 e. The van der Waals surface area contributed by atoms with Crippen molar-refractivity contribution in [3.05, 3.63) is 63.6 Å². The average molecular weight is 345 g/mol. The van der Waals surface area contributed by atoms with Gasteiger partial charge in [0.25, 0.3) is 5.91 Å². The van der Waals surface area contributed by atoms with Crippen LogP contribution in [0.1, 0.15) is 40.4 Å². The summed E-state index contributed by atoms with van der Waals surface area (Å²) < 4.78 is 0.807. The van der Waals surface area contributed by atoms with Gasteiger partial charge in [0.15, 0.2) is 0 Å². The van der Waals surface area contributed by atoms with Gasteiger partial charge in [-0.1, -0.05) is 24.3 Å². The van der Waals surface area contributed by atoms with E-state index in [9.17, 15) is 4.79 Å². The lowest BCUT2D eigenvalue weighted by molar-refractivity contribution is 0.0933. The van der Waals surface area contributed by atoms with Gasteiger partial charge in [0.2, 0.25) is 0 Å². The van der Waals surface area contributed by atoms with Crippen molar-refractivity contribution in [2.24, 2.45) is 0 Å². The fourth-order valence-corrected chi connectivity index (χ4v) is 3.08. The van der Waals surface area contributed by atoms with E-state index in [0.29, 0.717) is 11.3 Å². The molecule has 0 aliphatic heterocycles. The number of fused-ring (bicyclic) bond motifs is 1. The lowest BCUT2D eigenvalue weighted by Gasteiger charge is -2.26. The second kappa shape index (κ2) is 5.90. The highest BCUT2D eigenvalue weighted by Gasteiger charge is 2.21. The molecular formula is C17H17BrN2O. The van der Waals surface area contributed by atoms with Crippen LogP contribution in [0.15, 0.2) is 46.9 Å². The zero-order valence-corrected chi connectivity index (χ0v) is 13.2. The Morgan fingerprint density at radius 2 is 2.05 bits per heavy atom. The number of halogens is 1. The number of hydrogen-bond acceptors (Lipinski definition) is 2. The topological polar surface area (TPSA) is 55.1 Å². The molecule has 3 nitrogen and oxygen atoms in total. The van der Waals surface area contributed by atoms with E-state index in [2.05, 4.69) is 39.4 Å². The first-order chi connectivity index (χ1) is 10.1. The van der Waals surface area contributed by atoms with Crippen LogP contribution in [-0.2, 0) is 6.42 Å². The van der Waals surface area contributed by atoms with Gasteiger partial charge >= 0.3 is 0 Å². The van der Waals surface area contributed by atoms with Crippen LogP contribution in [0.3, 0.4) is 0 Å². The Balaban J connectivity index is 1.81. The molecule has 0 heterocycles. The molecule has 0 radical (unpaired) electrons. The average Bonchev–Trinajstić information content (AvgIpc) is 2.50. The summed E-state index contributed by atoms with van der Waals surface area (Å²) >= 11 is 3.34. The van der Waals surface area contributed by atoms with Crippen molar-refractivity contribution in [2.45, 2.75) is 25.3 Å². The quantitative estimate of drug-likeness (QED) is 0.813. The third-order valence-corrected chi connectivity index (χ3v) is 4.66. The Morgan fingerprint density at radius 3 is 2.86 bits per heavy atom. The molecule has 2 aromatic carbocycles. The van der Waals surface area contributed by atoms with Gasteiger partial charge in [0, 0.05) is 15.7 Å². The highest BCUT2D eigenvalue weighted by molar-refractivity contribution is 9.10. The van der Waals surface area contributed by atoms with Crippen LogP contribution < -0.4 is 11.1 Å². The summed E-state index contributed by atoms with van der Waals surface area (Å²) in [5, 5.41) is 3.13. The first-order valence-corrected chi connectivity index (χ1v) is 7.88. The minimum absolute atomic E-state index is 0.0732. The fourth-order valence-electron chi connectivity index (χ4n) is 2.83. The van der Waals surface area contributed by atoms with Crippen molar-refractivity contribution in [3.63, 3.8) is 0 Å². The van der Waals surface area contributed by atoms with Crippen LogP contribution >= 0.6 is 15.9 Å². The van der Waals surface area contributed by atoms with Crippen LogP contribution in [0.25, 0.3) is 0 Å². The van der Waals surface area contributed by atoms with E-state index in [4.69, 9.17) is 5.73 Å². The molecule has 2 aromatic rings. The normalized spacial score (nSPS) is 17.1. The van der Waals surface area contributed by atoms with Gasteiger partial charge < -0.3 is 11.1 Å². The standard InChI is InChI=1S/C17H17BrN2O/c18-14-9-8-12(10-15(14)19)17(21)20-16-7-3-5-11-4-1-2-6-13(11)16/h1-2,4,6,8-10,16H,3,5,7,19H2,(H,20,21). The highest BCUT2D eigenvalue weighted by atomic mass is 79.9. The monoisotopic (exact) mass is 344 g/mol. The van der Waals surface area contributed by atoms with E-state index < -0.39 is 0 Å². The SMILES string of the molecule is Nc1cc(C(=O)NC2CCCc3ccccc32)ccc1Br. The lowest BCUT2D eigenvalue weighted by atomic mass is 9.87. The number of hydrogen-bond donors (Lipinski definition) is 2. The van der Waals surface area contributed by atoms with Crippen molar-refractivity contribution in [2.75, 3.05) is 5.73 Å². The van der Waals surface area contributed by atoms with Crippen molar-refractivity contribution >= 4 is 27.5 Å². The molecule has 0 spiro atoms. The summed E-state index contributed by atoms with van der Waals surface area (Å²) in [5.74, 6) is -0.0732. The summed E-state index contributed by atoms with van der Waals surface area (Å²) in [6, 6.07) is 13.7. The Hall–Kier alpha value is -1.81. The van der Waals surface area contributed by atoms with E-state index in [1.165, 1.54) is 11.1 Å². The third kappa shape index (κ3) is 2.95. The van der Waals surface area contributed by atoms with Gasteiger partial charge in [-0.3, -0.25) is 4.79 Å². The summed E-state index contributed by atoms with van der Waals surface area (Å²) in [6.45, 7) is 0. The maximum atomic E-state index is 12.4. The number of carbonyl (C=O) groups excluding carboxylic acids is 1. The number of benzene rings is 2. The molecule has 0 fully saturated rings. The van der Waals surface area contributed by atoms with E-state index in [0.717, 1.165) is 23.7 Å². The fraction of sp³-hybridized carbons (Fsp3) is 0.235. The molecule has 1 atom stereocenters. The van der Waals surface area contributed by atoms with Gasteiger partial charge in [0.1, 0.15) is 0 Å². The maximum Gasteiger partial charge on any atom is 0.251 e. The lowest BCUT2D eigenvalue weighted by Crippen LogP contribution is -2.31. The molecule has 1 amide bonds. The van der Waals surface area contributed by atoms with Gasteiger partial charge in [-0.05, 0) is 64.5 Å². The van der Waals surface area contributed by atoms with E-state index in [-0.39, 0.29) is 11.9 Å². The molecule has 3 N–H and O–H groups in total. The second-order valence-electron chi connectivity index (χ2n) is 5.35.